The SMILES string of the molecule is Cc1ccc2c(Nc3cccc(C(F)(F)F)c3)ncnc2c1-c1cccc2cnc(NC(=O)C(C)C)nc12. The van der Waals surface area contributed by atoms with Gasteiger partial charge in [0.1, 0.15) is 12.1 Å². The number of nitrogens with one attached hydrogen (secondary N) is 2. The Labute approximate surface area is 216 Å². The van der Waals surface area contributed by atoms with Crippen molar-refractivity contribution in [3.8, 4) is 11.1 Å². The molecule has 2 N–H and O–H groups in total. The Kier molecular flexibility index (Phi) is 6.40. The lowest BCUT2D eigenvalue weighted by Crippen LogP contribution is -2.19. The second-order valence-electron chi connectivity index (χ2n) is 9.16. The van der Waals surface area contributed by atoms with Gasteiger partial charge in [-0.3, -0.25) is 10.1 Å². The van der Waals surface area contributed by atoms with Gasteiger partial charge in [0.2, 0.25) is 11.9 Å². The van der Waals surface area contributed by atoms with E-state index < -0.39 is 11.7 Å². The van der Waals surface area contributed by atoms with Crippen LogP contribution in [0, 0.1) is 12.8 Å². The Hall–Kier alpha value is -4.60. The molecule has 10 heteroatoms. The quantitative estimate of drug-likeness (QED) is 0.264. The highest BCUT2D eigenvalue weighted by Crippen LogP contribution is 2.37. The molecule has 5 aromatic rings. The highest BCUT2D eigenvalue weighted by molar-refractivity contribution is 6.06. The maximum atomic E-state index is 13.2. The van der Waals surface area contributed by atoms with E-state index in [4.69, 9.17) is 0 Å². The molecule has 0 radical (unpaired) electrons. The molecule has 0 unspecified atom stereocenters. The van der Waals surface area contributed by atoms with E-state index in [0.29, 0.717) is 22.2 Å². The summed E-state index contributed by atoms with van der Waals surface area (Å²) in [6.45, 7) is 5.51. The number of aryl methyl sites for hydroxylation is 1. The molecule has 0 spiro atoms. The predicted octanol–water partition coefficient (Wildman–Crippen LogP) is 6.91. The number of aromatic nitrogens is 4. The van der Waals surface area contributed by atoms with Crippen LogP contribution in [0.5, 0.6) is 0 Å². The molecular formula is C28H23F3N6O. The fourth-order valence-corrected chi connectivity index (χ4v) is 4.15. The Balaban J connectivity index is 1.64. The standard InChI is InChI=1S/C28H23F3N6O/c1-15(2)26(38)37-27-32-13-17-6-4-9-20(23(17)36-27)22-16(3)10-11-21-24(22)33-14-34-25(21)35-19-8-5-7-18(12-19)28(29,30)31/h4-15H,1-3H3,(H,33,34,35)(H,32,36,37,38). The second kappa shape index (κ2) is 9.70. The van der Waals surface area contributed by atoms with E-state index in [1.54, 1.807) is 26.1 Å². The van der Waals surface area contributed by atoms with Crippen molar-refractivity contribution in [3.63, 3.8) is 0 Å². The van der Waals surface area contributed by atoms with Crippen LogP contribution in [0.3, 0.4) is 0 Å². The third-order valence-corrected chi connectivity index (χ3v) is 6.11. The van der Waals surface area contributed by atoms with Gasteiger partial charge in [-0.25, -0.2) is 19.9 Å². The van der Waals surface area contributed by atoms with Crippen LogP contribution in [-0.2, 0) is 11.0 Å². The van der Waals surface area contributed by atoms with Gasteiger partial charge in [-0.1, -0.05) is 44.2 Å². The lowest BCUT2D eigenvalue weighted by atomic mass is 9.95. The van der Waals surface area contributed by atoms with Gasteiger partial charge in [-0.2, -0.15) is 13.2 Å². The number of anilines is 3. The number of hydrogen-bond donors (Lipinski definition) is 2. The van der Waals surface area contributed by atoms with Crippen LogP contribution in [0.4, 0.5) is 30.6 Å². The minimum Gasteiger partial charge on any atom is -0.340 e. The largest absolute Gasteiger partial charge is 0.416 e. The van der Waals surface area contributed by atoms with E-state index in [1.165, 1.54) is 12.4 Å². The first-order chi connectivity index (χ1) is 18.1. The van der Waals surface area contributed by atoms with E-state index in [-0.39, 0.29) is 23.5 Å². The van der Waals surface area contributed by atoms with Crippen molar-refractivity contribution >= 4 is 45.2 Å². The van der Waals surface area contributed by atoms with Crippen LogP contribution in [0.15, 0.2) is 67.1 Å². The third kappa shape index (κ3) is 4.84. The summed E-state index contributed by atoms with van der Waals surface area (Å²) >= 11 is 0. The number of halogens is 3. The maximum Gasteiger partial charge on any atom is 0.416 e. The highest BCUT2D eigenvalue weighted by Gasteiger charge is 2.30. The fraction of sp³-hybridized carbons (Fsp3) is 0.179. The molecule has 0 aliphatic rings. The third-order valence-electron chi connectivity index (χ3n) is 6.11. The van der Waals surface area contributed by atoms with E-state index >= 15 is 0 Å². The summed E-state index contributed by atoms with van der Waals surface area (Å²) < 4.78 is 39.7. The summed E-state index contributed by atoms with van der Waals surface area (Å²) in [4.78, 5) is 30.0. The van der Waals surface area contributed by atoms with Gasteiger partial charge in [-0.15, -0.1) is 0 Å². The zero-order valence-electron chi connectivity index (χ0n) is 20.8. The second-order valence-corrected chi connectivity index (χ2v) is 9.16. The summed E-state index contributed by atoms with van der Waals surface area (Å²) in [5, 5.41) is 7.16. The highest BCUT2D eigenvalue weighted by atomic mass is 19.4. The molecule has 0 bridgehead atoms. The van der Waals surface area contributed by atoms with Crippen LogP contribution >= 0.6 is 0 Å². The van der Waals surface area contributed by atoms with Crippen LogP contribution in [0.25, 0.3) is 32.9 Å². The molecule has 7 nitrogen and oxygen atoms in total. The van der Waals surface area contributed by atoms with Crippen LogP contribution < -0.4 is 10.6 Å². The van der Waals surface area contributed by atoms with Crippen molar-refractivity contribution in [3.05, 3.63) is 78.2 Å². The zero-order valence-corrected chi connectivity index (χ0v) is 20.8. The van der Waals surface area contributed by atoms with Crippen molar-refractivity contribution in [1.82, 2.24) is 19.9 Å². The monoisotopic (exact) mass is 516 g/mol. The van der Waals surface area contributed by atoms with Gasteiger partial charge in [0, 0.05) is 39.7 Å². The number of rotatable bonds is 5. The van der Waals surface area contributed by atoms with Crippen LogP contribution in [-0.4, -0.2) is 25.8 Å². The van der Waals surface area contributed by atoms with Gasteiger partial charge in [0.25, 0.3) is 0 Å². The molecule has 1 amide bonds. The number of amides is 1. The van der Waals surface area contributed by atoms with Gasteiger partial charge < -0.3 is 5.32 Å². The molecule has 38 heavy (non-hydrogen) atoms. The Morgan fingerprint density at radius 2 is 1.74 bits per heavy atom. The average Bonchev–Trinajstić information content (AvgIpc) is 2.88. The average molecular weight is 517 g/mol. The topological polar surface area (TPSA) is 92.7 Å². The molecule has 0 aliphatic heterocycles. The Bertz CT molecular complexity index is 1680. The minimum absolute atomic E-state index is 0.193. The number of nitrogens with zero attached hydrogens (tertiary/aromatic N) is 4. The molecule has 0 saturated carbocycles. The van der Waals surface area contributed by atoms with Gasteiger partial charge in [-0.05, 0) is 36.8 Å². The van der Waals surface area contributed by atoms with E-state index in [2.05, 4.69) is 30.6 Å². The molecular weight excluding hydrogens is 493 g/mol. The van der Waals surface area contributed by atoms with Crippen molar-refractivity contribution in [2.24, 2.45) is 5.92 Å². The summed E-state index contributed by atoms with van der Waals surface area (Å²) in [6.07, 6.45) is -1.44. The van der Waals surface area contributed by atoms with E-state index in [1.807, 2.05) is 37.3 Å². The molecule has 3 aromatic carbocycles. The summed E-state index contributed by atoms with van der Waals surface area (Å²) in [5.41, 5.74) is 3.22. The summed E-state index contributed by atoms with van der Waals surface area (Å²) in [6, 6.07) is 14.4. The fourth-order valence-electron chi connectivity index (χ4n) is 4.15. The molecule has 0 aliphatic carbocycles. The van der Waals surface area contributed by atoms with E-state index in [0.717, 1.165) is 34.2 Å². The number of hydrogen-bond acceptors (Lipinski definition) is 6. The number of para-hydroxylation sites is 1. The zero-order chi connectivity index (χ0) is 27.0. The van der Waals surface area contributed by atoms with Crippen molar-refractivity contribution in [2.45, 2.75) is 26.9 Å². The summed E-state index contributed by atoms with van der Waals surface area (Å²) in [7, 11) is 0. The predicted molar refractivity (Wildman–Crippen MR) is 141 cm³/mol. The normalized spacial score (nSPS) is 11.8. The van der Waals surface area contributed by atoms with Gasteiger partial charge in [0.05, 0.1) is 16.6 Å². The van der Waals surface area contributed by atoms with E-state index in [9.17, 15) is 18.0 Å². The number of carbonyl (C=O) groups excluding carboxylic acids is 1. The summed E-state index contributed by atoms with van der Waals surface area (Å²) in [5.74, 6) is 0.143. The molecule has 5 rings (SSSR count). The molecule has 2 heterocycles. The lowest BCUT2D eigenvalue weighted by molar-refractivity contribution is -0.137. The van der Waals surface area contributed by atoms with Crippen molar-refractivity contribution in [2.75, 3.05) is 10.6 Å². The minimum atomic E-state index is -4.46. The molecule has 2 aromatic heterocycles. The molecule has 0 fully saturated rings. The van der Waals surface area contributed by atoms with Gasteiger partial charge >= 0.3 is 6.18 Å². The van der Waals surface area contributed by atoms with Crippen molar-refractivity contribution < 1.29 is 18.0 Å². The number of alkyl halides is 3. The maximum absolute atomic E-state index is 13.2. The van der Waals surface area contributed by atoms with Crippen LogP contribution in [0.1, 0.15) is 25.0 Å². The molecule has 0 atom stereocenters. The van der Waals surface area contributed by atoms with Crippen molar-refractivity contribution in [1.29, 1.82) is 0 Å². The first-order valence-electron chi connectivity index (χ1n) is 11.9. The smallest absolute Gasteiger partial charge is 0.340 e. The Morgan fingerprint density at radius 1 is 0.947 bits per heavy atom. The van der Waals surface area contributed by atoms with Crippen LogP contribution in [0.2, 0.25) is 0 Å². The molecule has 192 valence electrons. The Morgan fingerprint density at radius 3 is 2.50 bits per heavy atom. The lowest BCUT2D eigenvalue weighted by Gasteiger charge is -2.15. The van der Waals surface area contributed by atoms with Gasteiger partial charge in [0.15, 0.2) is 0 Å². The first-order valence-corrected chi connectivity index (χ1v) is 11.9. The first kappa shape index (κ1) is 25.1. The number of benzene rings is 3. The molecule has 0 saturated heterocycles. The number of fused-ring (bicyclic) bond motifs is 2. The number of carbonyl (C=O) groups is 1.